The highest BCUT2D eigenvalue weighted by molar-refractivity contribution is 5.93. The zero-order valence-electron chi connectivity index (χ0n) is 19.3. The average Bonchev–Trinajstić information content (AvgIpc) is 3.27. The van der Waals surface area contributed by atoms with Crippen LogP contribution in [0.1, 0.15) is 24.8 Å². The van der Waals surface area contributed by atoms with Crippen molar-refractivity contribution in [2.24, 2.45) is 5.92 Å². The second kappa shape index (κ2) is 9.97. The summed E-state index contributed by atoms with van der Waals surface area (Å²) < 4.78 is 26.0. The van der Waals surface area contributed by atoms with E-state index in [0.29, 0.717) is 5.82 Å². The molecule has 0 atom stereocenters. The number of nitrogens with zero attached hydrogens (tertiary/aromatic N) is 3. The number of rotatable bonds is 8. The summed E-state index contributed by atoms with van der Waals surface area (Å²) in [5, 5.41) is 7.54. The van der Waals surface area contributed by atoms with Gasteiger partial charge in [0.1, 0.15) is 18.2 Å². The van der Waals surface area contributed by atoms with Crippen molar-refractivity contribution in [1.82, 2.24) is 14.8 Å². The van der Waals surface area contributed by atoms with Crippen LogP contribution in [-0.4, -0.2) is 27.8 Å². The van der Waals surface area contributed by atoms with Gasteiger partial charge in [0.2, 0.25) is 5.91 Å². The molecule has 35 heavy (non-hydrogen) atoms. The Morgan fingerprint density at radius 1 is 1.03 bits per heavy atom. The number of nitrogens with one attached hydrogen (secondary N) is 1. The smallest absolute Gasteiger partial charge is 0.336 e. The highest BCUT2D eigenvalue weighted by Gasteiger charge is 2.25. The first-order valence-electron chi connectivity index (χ1n) is 11.5. The highest BCUT2D eigenvalue weighted by Crippen LogP contribution is 2.29. The van der Waals surface area contributed by atoms with Crippen LogP contribution in [0.3, 0.4) is 0 Å². The largest absolute Gasteiger partial charge is 0.497 e. The quantitative estimate of drug-likeness (QED) is 0.372. The Labute approximate surface area is 202 Å². The van der Waals surface area contributed by atoms with Gasteiger partial charge >= 0.3 is 6.01 Å². The zero-order chi connectivity index (χ0) is 24.2. The topological polar surface area (TPSA) is 78.3 Å². The Hall–Kier alpha value is -4.20. The maximum absolute atomic E-state index is 13.2. The van der Waals surface area contributed by atoms with Gasteiger partial charge < -0.3 is 14.8 Å². The van der Waals surface area contributed by atoms with Gasteiger partial charge in [0.25, 0.3) is 0 Å². The molecule has 7 nitrogen and oxygen atoms in total. The van der Waals surface area contributed by atoms with Crippen molar-refractivity contribution < 1.29 is 18.7 Å². The minimum absolute atomic E-state index is 0.0696. The summed E-state index contributed by atoms with van der Waals surface area (Å²) in [5.41, 5.74) is 3.14. The molecule has 1 saturated carbocycles. The lowest BCUT2D eigenvalue weighted by Gasteiger charge is -2.24. The lowest BCUT2D eigenvalue weighted by Crippen LogP contribution is -2.27. The summed E-state index contributed by atoms with van der Waals surface area (Å²) in [6, 6.07) is 21.3. The normalized spacial score (nSPS) is 13.2. The molecule has 1 aliphatic rings. The van der Waals surface area contributed by atoms with Gasteiger partial charge in [0, 0.05) is 17.2 Å². The number of benzene rings is 3. The number of halogens is 1. The summed E-state index contributed by atoms with van der Waals surface area (Å²) in [6.07, 6.45) is 3.02. The molecule has 0 saturated heterocycles. The van der Waals surface area contributed by atoms with E-state index < -0.39 is 0 Å². The molecule has 0 spiro atoms. The molecule has 3 aromatic carbocycles. The van der Waals surface area contributed by atoms with E-state index in [0.717, 1.165) is 47.5 Å². The Morgan fingerprint density at radius 3 is 2.37 bits per heavy atom. The summed E-state index contributed by atoms with van der Waals surface area (Å²) in [6.45, 7) is 0.207. The van der Waals surface area contributed by atoms with Crippen LogP contribution in [-0.2, 0) is 11.4 Å². The number of ether oxygens (including phenoxy) is 2. The monoisotopic (exact) mass is 472 g/mol. The Kier molecular flexibility index (Phi) is 6.43. The molecule has 0 bridgehead atoms. The van der Waals surface area contributed by atoms with Crippen LogP contribution in [0.15, 0.2) is 72.8 Å². The minimum Gasteiger partial charge on any atom is -0.497 e. The standard InChI is InChI=1S/C27H25FN4O3/c1-34-24-15-7-19(8-16-24)25-30-27(35-17-18-5-9-21(28)10-6-18)31-32(25)23-13-11-22(12-14-23)29-26(33)20-3-2-4-20/h5-16,20H,2-4,17H2,1H3,(H,29,33). The molecule has 8 heteroatoms. The van der Waals surface area contributed by atoms with E-state index in [4.69, 9.17) is 9.47 Å². The fraction of sp³-hybridized carbons (Fsp3) is 0.222. The van der Waals surface area contributed by atoms with Crippen LogP contribution in [0.25, 0.3) is 17.1 Å². The van der Waals surface area contributed by atoms with Crippen molar-refractivity contribution in [3.63, 3.8) is 0 Å². The zero-order valence-corrected chi connectivity index (χ0v) is 19.3. The first-order valence-corrected chi connectivity index (χ1v) is 11.5. The molecule has 1 heterocycles. The second-order valence-corrected chi connectivity index (χ2v) is 8.44. The van der Waals surface area contributed by atoms with Gasteiger partial charge in [-0.3, -0.25) is 4.79 Å². The lowest BCUT2D eigenvalue weighted by molar-refractivity contribution is -0.122. The number of aromatic nitrogens is 3. The van der Waals surface area contributed by atoms with E-state index in [1.54, 1.807) is 23.9 Å². The van der Waals surface area contributed by atoms with E-state index >= 15 is 0 Å². The average molecular weight is 473 g/mol. The van der Waals surface area contributed by atoms with E-state index in [2.05, 4.69) is 15.4 Å². The van der Waals surface area contributed by atoms with E-state index in [-0.39, 0.29) is 30.3 Å². The molecular formula is C27H25FN4O3. The summed E-state index contributed by atoms with van der Waals surface area (Å²) in [4.78, 5) is 16.9. The summed E-state index contributed by atoms with van der Waals surface area (Å²) in [5.74, 6) is 1.21. The SMILES string of the molecule is COc1ccc(-c2nc(OCc3ccc(F)cc3)nn2-c2ccc(NC(=O)C3CCC3)cc2)cc1. The number of amides is 1. The second-order valence-electron chi connectivity index (χ2n) is 8.44. The van der Waals surface area contributed by atoms with Crippen LogP contribution >= 0.6 is 0 Å². The molecule has 0 unspecified atom stereocenters. The van der Waals surface area contributed by atoms with E-state index in [1.165, 1.54) is 12.1 Å². The Morgan fingerprint density at radius 2 is 1.74 bits per heavy atom. The van der Waals surface area contributed by atoms with Crippen molar-refractivity contribution >= 4 is 11.6 Å². The van der Waals surface area contributed by atoms with Gasteiger partial charge in [-0.25, -0.2) is 9.07 Å². The van der Waals surface area contributed by atoms with Gasteiger partial charge in [-0.2, -0.15) is 4.98 Å². The van der Waals surface area contributed by atoms with Gasteiger partial charge in [0.15, 0.2) is 5.82 Å². The molecule has 1 amide bonds. The van der Waals surface area contributed by atoms with Crippen molar-refractivity contribution in [3.05, 3.63) is 84.2 Å². The molecule has 1 aromatic heterocycles. The predicted molar refractivity (Wildman–Crippen MR) is 130 cm³/mol. The Bertz CT molecular complexity index is 1300. The molecular weight excluding hydrogens is 447 g/mol. The van der Waals surface area contributed by atoms with Crippen LogP contribution in [0.2, 0.25) is 0 Å². The van der Waals surface area contributed by atoms with E-state index in [1.807, 2.05) is 48.5 Å². The Balaban J connectivity index is 1.40. The third kappa shape index (κ3) is 5.16. The lowest BCUT2D eigenvalue weighted by atomic mass is 9.85. The molecule has 1 fully saturated rings. The summed E-state index contributed by atoms with van der Waals surface area (Å²) >= 11 is 0. The van der Waals surface area contributed by atoms with Gasteiger partial charge in [-0.15, -0.1) is 5.10 Å². The van der Waals surface area contributed by atoms with Gasteiger partial charge in [-0.05, 0) is 79.1 Å². The predicted octanol–water partition coefficient (Wildman–Crippen LogP) is 5.40. The van der Waals surface area contributed by atoms with Crippen molar-refractivity contribution in [2.75, 3.05) is 12.4 Å². The number of carbonyl (C=O) groups is 1. The van der Waals surface area contributed by atoms with Crippen molar-refractivity contribution in [1.29, 1.82) is 0 Å². The van der Waals surface area contributed by atoms with Crippen molar-refractivity contribution in [2.45, 2.75) is 25.9 Å². The maximum atomic E-state index is 13.2. The molecule has 1 aliphatic carbocycles. The van der Waals surface area contributed by atoms with Crippen LogP contribution < -0.4 is 14.8 Å². The number of hydrogen-bond donors (Lipinski definition) is 1. The molecule has 0 aliphatic heterocycles. The number of anilines is 1. The highest BCUT2D eigenvalue weighted by atomic mass is 19.1. The number of hydrogen-bond acceptors (Lipinski definition) is 5. The fourth-order valence-electron chi connectivity index (χ4n) is 3.79. The number of carbonyl (C=O) groups excluding carboxylic acids is 1. The third-order valence-electron chi connectivity index (χ3n) is 6.07. The minimum atomic E-state index is -0.301. The van der Waals surface area contributed by atoms with Gasteiger partial charge in [-0.1, -0.05) is 18.6 Å². The van der Waals surface area contributed by atoms with Crippen LogP contribution in [0.4, 0.5) is 10.1 Å². The molecule has 0 radical (unpaired) electrons. The van der Waals surface area contributed by atoms with Gasteiger partial charge in [0.05, 0.1) is 12.8 Å². The molecule has 5 rings (SSSR count). The summed E-state index contributed by atoms with van der Waals surface area (Å²) in [7, 11) is 1.62. The number of methoxy groups -OCH3 is 1. The van der Waals surface area contributed by atoms with Crippen LogP contribution in [0.5, 0.6) is 11.8 Å². The maximum Gasteiger partial charge on any atom is 0.336 e. The first-order chi connectivity index (χ1) is 17.1. The van der Waals surface area contributed by atoms with Crippen LogP contribution in [0, 0.1) is 11.7 Å². The molecule has 1 N–H and O–H groups in total. The molecule has 4 aromatic rings. The fourth-order valence-corrected chi connectivity index (χ4v) is 3.79. The van der Waals surface area contributed by atoms with E-state index in [9.17, 15) is 9.18 Å². The van der Waals surface area contributed by atoms with Crippen molar-refractivity contribution in [3.8, 4) is 28.8 Å². The molecule has 178 valence electrons. The third-order valence-corrected chi connectivity index (χ3v) is 6.07. The first kappa shape index (κ1) is 22.6.